The van der Waals surface area contributed by atoms with Crippen LogP contribution in [0.4, 0.5) is 8.78 Å². The van der Waals surface area contributed by atoms with Gasteiger partial charge in [-0.2, -0.15) is 0 Å². The first kappa shape index (κ1) is 15.4. The molecule has 0 aliphatic rings. The SMILES string of the molecule is CNC(Cc1cc(F)cc(F)c1)c1ccc(Br)cc1Cl. The molecule has 2 aromatic rings. The first-order chi connectivity index (χ1) is 9.49. The van der Waals surface area contributed by atoms with Crippen molar-refractivity contribution in [1.82, 2.24) is 5.32 Å². The average Bonchev–Trinajstić information content (AvgIpc) is 2.35. The van der Waals surface area contributed by atoms with Gasteiger partial charge in [0.2, 0.25) is 0 Å². The van der Waals surface area contributed by atoms with Gasteiger partial charge in [0.1, 0.15) is 11.6 Å². The van der Waals surface area contributed by atoms with Gasteiger partial charge in [-0.25, -0.2) is 8.78 Å². The summed E-state index contributed by atoms with van der Waals surface area (Å²) in [7, 11) is 1.79. The van der Waals surface area contributed by atoms with Crippen LogP contribution in [0, 0.1) is 11.6 Å². The maximum atomic E-state index is 13.2. The predicted octanol–water partition coefficient (Wildman–Crippen LogP) is 4.88. The van der Waals surface area contributed by atoms with E-state index < -0.39 is 11.6 Å². The molecule has 0 radical (unpaired) electrons. The molecule has 0 fully saturated rings. The third kappa shape index (κ3) is 3.78. The van der Waals surface area contributed by atoms with Crippen molar-refractivity contribution < 1.29 is 8.78 Å². The second-order valence-electron chi connectivity index (χ2n) is 4.49. The van der Waals surface area contributed by atoms with Gasteiger partial charge in [-0.05, 0) is 48.9 Å². The normalized spacial score (nSPS) is 12.4. The fourth-order valence-corrected chi connectivity index (χ4v) is 2.92. The summed E-state index contributed by atoms with van der Waals surface area (Å²) < 4.78 is 27.3. The van der Waals surface area contributed by atoms with Gasteiger partial charge in [-0.3, -0.25) is 0 Å². The van der Waals surface area contributed by atoms with Crippen LogP contribution >= 0.6 is 27.5 Å². The second-order valence-corrected chi connectivity index (χ2v) is 5.81. The summed E-state index contributed by atoms with van der Waals surface area (Å²) in [6.07, 6.45) is 0.451. The van der Waals surface area contributed by atoms with Gasteiger partial charge in [0.05, 0.1) is 0 Å². The van der Waals surface area contributed by atoms with E-state index in [1.807, 2.05) is 12.1 Å². The second kappa shape index (κ2) is 6.66. The van der Waals surface area contributed by atoms with Crippen molar-refractivity contribution in [3.63, 3.8) is 0 Å². The number of hydrogen-bond acceptors (Lipinski definition) is 1. The maximum absolute atomic E-state index is 13.2. The fraction of sp³-hybridized carbons (Fsp3) is 0.200. The number of likely N-dealkylation sites (N-methyl/N-ethyl adjacent to an activating group) is 1. The Balaban J connectivity index is 2.28. The smallest absolute Gasteiger partial charge is 0.126 e. The monoisotopic (exact) mass is 359 g/mol. The summed E-state index contributed by atoms with van der Waals surface area (Å²) in [5.74, 6) is -1.14. The predicted molar refractivity (Wildman–Crippen MR) is 81.0 cm³/mol. The van der Waals surface area contributed by atoms with Gasteiger partial charge >= 0.3 is 0 Å². The van der Waals surface area contributed by atoms with Gasteiger partial charge in [-0.15, -0.1) is 0 Å². The lowest BCUT2D eigenvalue weighted by atomic mass is 9.99. The highest BCUT2D eigenvalue weighted by Crippen LogP contribution is 2.28. The van der Waals surface area contributed by atoms with Crippen molar-refractivity contribution in [2.24, 2.45) is 0 Å². The molecule has 0 aliphatic carbocycles. The molecule has 1 N–H and O–H groups in total. The van der Waals surface area contributed by atoms with E-state index in [2.05, 4.69) is 21.2 Å². The standard InChI is InChI=1S/C15H13BrClF2N/c1-20-15(13-3-2-10(16)7-14(13)17)6-9-4-11(18)8-12(19)5-9/h2-5,7-8,15,20H,6H2,1H3. The molecule has 1 unspecified atom stereocenters. The van der Waals surface area contributed by atoms with Gasteiger partial charge in [0, 0.05) is 21.6 Å². The topological polar surface area (TPSA) is 12.0 Å². The first-order valence-corrected chi connectivity index (χ1v) is 7.24. The molecule has 0 bridgehead atoms. The Morgan fingerprint density at radius 1 is 1.15 bits per heavy atom. The zero-order valence-corrected chi connectivity index (χ0v) is 13.1. The minimum absolute atomic E-state index is 0.114. The zero-order chi connectivity index (χ0) is 14.7. The van der Waals surface area contributed by atoms with E-state index in [0.29, 0.717) is 17.0 Å². The molecule has 2 rings (SSSR count). The van der Waals surface area contributed by atoms with Crippen LogP contribution in [-0.4, -0.2) is 7.05 Å². The van der Waals surface area contributed by atoms with Gasteiger partial charge in [0.15, 0.2) is 0 Å². The Bertz CT molecular complexity index is 599. The lowest BCUT2D eigenvalue weighted by Gasteiger charge is -2.18. The molecular formula is C15H13BrClF2N. The maximum Gasteiger partial charge on any atom is 0.126 e. The Labute approximate surface area is 130 Å². The quantitative estimate of drug-likeness (QED) is 0.819. The highest BCUT2D eigenvalue weighted by Gasteiger charge is 2.15. The van der Waals surface area contributed by atoms with E-state index in [0.717, 1.165) is 16.1 Å². The highest BCUT2D eigenvalue weighted by atomic mass is 79.9. The Kier molecular flexibility index (Phi) is 5.13. The molecule has 0 aliphatic heterocycles. The van der Waals surface area contributed by atoms with E-state index in [4.69, 9.17) is 11.6 Å². The highest BCUT2D eigenvalue weighted by molar-refractivity contribution is 9.10. The van der Waals surface area contributed by atoms with Crippen LogP contribution in [0.3, 0.4) is 0 Å². The third-order valence-electron chi connectivity index (χ3n) is 3.05. The molecule has 2 aromatic carbocycles. The number of hydrogen-bond donors (Lipinski definition) is 1. The minimum atomic E-state index is -0.572. The van der Waals surface area contributed by atoms with E-state index >= 15 is 0 Å². The van der Waals surface area contributed by atoms with E-state index in [1.165, 1.54) is 12.1 Å². The summed E-state index contributed by atoms with van der Waals surface area (Å²) in [6, 6.07) is 9.00. The van der Waals surface area contributed by atoms with Crippen LogP contribution in [0.25, 0.3) is 0 Å². The van der Waals surface area contributed by atoms with Crippen molar-refractivity contribution >= 4 is 27.5 Å². The fourth-order valence-electron chi connectivity index (χ4n) is 2.12. The molecule has 106 valence electrons. The van der Waals surface area contributed by atoms with Crippen LogP contribution in [0.2, 0.25) is 5.02 Å². The molecule has 0 spiro atoms. The Hall–Kier alpha value is -0.970. The van der Waals surface area contributed by atoms with Crippen LogP contribution in [0.1, 0.15) is 17.2 Å². The number of halogens is 4. The summed E-state index contributed by atoms with van der Waals surface area (Å²) in [5.41, 5.74) is 1.47. The van der Waals surface area contributed by atoms with E-state index in [-0.39, 0.29) is 6.04 Å². The molecule has 1 atom stereocenters. The molecule has 0 saturated carbocycles. The van der Waals surface area contributed by atoms with Crippen LogP contribution in [0.15, 0.2) is 40.9 Å². The largest absolute Gasteiger partial charge is 0.313 e. The van der Waals surface area contributed by atoms with Crippen molar-refractivity contribution in [2.45, 2.75) is 12.5 Å². The van der Waals surface area contributed by atoms with Crippen molar-refractivity contribution in [2.75, 3.05) is 7.05 Å². The van der Waals surface area contributed by atoms with Crippen molar-refractivity contribution in [3.05, 3.63) is 68.7 Å². The third-order valence-corrected chi connectivity index (χ3v) is 3.87. The molecule has 0 heterocycles. The Morgan fingerprint density at radius 2 is 1.80 bits per heavy atom. The van der Waals surface area contributed by atoms with E-state index in [1.54, 1.807) is 13.1 Å². The zero-order valence-electron chi connectivity index (χ0n) is 10.8. The summed E-state index contributed by atoms with van der Waals surface area (Å²) in [4.78, 5) is 0. The Morgan fingerprint density at radius 3 is 2.35 bits per heavy atom. The molecule has 0 saturated heterocycles. The van der Waals surface area contributed by atoms with Crippen LogP contribution in [0.5, 0.6) is 0 Å². The van der Waals surface area contributed by atoms with Crippen LogP contribution < -0.4 is 5.32 Å². The lowest BCUT2D eigenvalue weighted by Crippen LogP contribution is -2.19. The molecular weight excluding hydrogens is 348 g/mol. The lowest BCUT2D eigenvalue weighted by molar-refractivity contribution is 0.562. The van der Waals surface area contributed by atoms with Gasteiger partial charge in [0.25, 0.3) is 0 Å². The van der Waals surface area contributed by atoms with Gasteiger partial charge < -0.3 is 5.32 Å². The average molecular weight is 361 g/mol. The summed E-state index contributed by atoms with van der Waals surface area (Å²) >= 11 is 9.56. The molecule has 0 amide bonds. The van der Waals surface area contributed by atoms with Crippen molar-refractivity contribution in [1.29, 1.82) is 0 Å². The minimum Gasteiger partial charge on any atom is -0.313 e. The molecule has 20 heavy (non-hydrogen) atoms. The summed E-state index contributed by atoms with van der Waals surface area (Å²) in [6.45, 7) is 0. The van der Waals surface area contributed by atoms with Crippen LogP contribution in [-0.2, 0) is 6.42 Å². The molecule has 1 nitrogen and oxygen atoms in total. The van der Waals surface area contributed by atoms with Gasteiger partial charge in [-0.1, -0.05) is 33.6 Å². The summed E-state index contributed by atoms with van der Waals surface area (Å²) in [5, 5.41) is 3.73. The van der Waals surface area contributed by atoms with E-state index in [9.17, 15) is 8.78 Å². The number of benzene rings is 2. The number of nitrogens with one attached hydrogen (secondary N) is 1. The number of rotatable bonds is 4. The molecule has 0 aromatic heterocycles. The molecule has 5 heteroatoms. The first-order valence-electron chi connectivity index (χ1n) is 6.07. The van der Waals surface area contributed by atoms with Crippen molar-refractivity contribution in [3.8, 4) is 0 Å².